The van der Waals surface area contributed by atoms with Gasteiger partial charge in [-0.1, -0.05) is 26.0 Å². The molecule has 0 aliphatic rings. The van der Waals surface area contributed by atoms with E-state index in [1.807, 2.05) is 20.8 Å². The van der Waals surface area contributed by atoms with E-state index in [4.69, 9.17) is 15.8 Å². The van der Waals surface area contributed by atoms with Crippen LogP contribution in [0.15, 0.2) is 24.3 Å². The molecule has 118 valence electrons. The first kappa shape index (κ1) is 19.6. The molecule has 6 heteroatoms. The van der Waals surface area contributed by atoms with Gasteiger partial charge in [0.25, 0.3) is 5.91 Å². The second-order valence-corrected chi connectivity index (χ2v) is 5.16. The van der Waals surface area contributed by atoms with E-state index in [-0.39, 0.29) is 11.9 Å². The quantitative estimate of drug-likeness (QED) is 0.599. The molecule has 2 atom stereocenters. The van der Waals surface area contributed by atoms with Crippen LogP contribution in [0.1, 0.15) is 50.9 Å². The Morgan fingerprint density at radius 2 is 1.67 bits per heavy atom. The van der Waals surface area contributed by atoms with Crippen LogP contribution in [-0.4, -0.2) is 35.2 Å². The van der Waals surface area contributed by atoms with Crippen LogP contribution in [0.2, 0.25) is 0 Å². The molecule has 1 amide bonds. The number of carbonyl (C=O) groups excluding carboxylic acids is 1. The molecule has 2 unspecified atom stereocenters. The summed E-state index contributed by atoms with van der Waals surface area (Å²) in [6.07, 6.45) is 1.96. The molecule has 0 aliphatic heterocycles. The van der Waals surface area contributed by atoms with E-state index in [9.17, 15) is 4.79 Å². The van der Waals surface area contributed by atoms with Crippen LogP contribution < -0.4 is 16.5 Å². The highest BCUT2D eigenvalue weighted by atomic mass is 16.4. The lowest BCUT2D eigenvalue weighted by Crippen LogP contribution is -2.33. The van der Waals surface area contributed by atoms with Crippen molar-refractivity contribution in [3.05, 3.63) is 29.8 Å². The van der Waals surface area contributed by atoms with Gasteiger partial charge in [0.2, 0.25) is 0 Å². The minimum atomic E-state index is -1.49. The fourth-order valence-electron chi connectivity index (χ4n) is 1.22. The van der Waals surface area contributed by atoms with Gasteiger partial charge < -0.3 is 21.1 Å². The molecule has 1 aromatic carbocycles. The summed E-state index contributed by atoms with van der Waals surface area (Å²) in [5.74, 6) is -0.145. The number of benzene rings is 1. The van der Waals surface area contributed by atoms with Gasteiger partial charge >= 0.3 is 7.12 Å². The zero-order chi connectivity index (χ0) is 16.4. The van der Waals surface area contributed by atoms with Gasteiger partial charge in [0.05, 0.1) is 0 Å². The number of amides is 1. The molecule has 0 aliphatic carbocycles. The van der Waals surface area contributed by atoms with E-state index in [2.05, 4.69) is 12.2 Å². The highest BCUT2D eigenvalue weighted by molar-refractivity contribution is 6.58. The van der Waals surface area contributed by atoms with Crippen molar-refractivity contribution >= 4 is 18.5 Å². The number of nitrogens with two attached hydrogens (primary N) is 1. The van der Waals surface area contributed by atoms with Gasteiger partial charge in [-0.05, 0) is 44.3 Å². The third kappa shape index (κ3) is 8.50. The molecule has 0 radical (unpaired) electrons. The van der Waals surface area contributed by atoms with E-state index < -0.39 is 7.12 Å². The van der Waals surface area contributed by atoms with E-state index >= 15 is 0 Å². The highest BCUT2D eigenvalue weighted by Gasteiger charge is 2.12. The molecule has 21 heavy (non-hydrogen) atoms. The maximum absolute atomic E-state index is 11.7. The van der Waals surface area contributed by atoms with Gasteiger partial charge in [-0.25, -0.2) is 0 Å². The Kier molecular flexibility index (Phi) is 9.70. The van der Waals surface area contributed by atoms with Crippen molar-refractivity contribution in [3.63, 3.8) is 0 Å². The van der Waals surface area contributed by atoms with Crippen LogP contribution >= 0.6 is 0 Å². The maximum Gasteiger partial charge on any atom is 0.488 e. The number of hydrogen-bond acceptors (Lipinski definition) is 4. The number of hydrogen-bond donors (Lipinski definition) is 4. The predicted molar refractivity (Wildman–Crippen MR) is 87.4 cm³/mol. The number of rotatable bonds is 5. The maximum atomic E-state index is 11.7. The van der Waals surface area contributed by atoms with Crippen LogP contribution in [0.4, 0.5) is 0 Å². The SMILES string of the molecule is CCC(C)N.CCC(C)NC(=O)c1ccc(B(O)O)cc1. The fourth-order valence-corrected chi connectivity index (χ4v) is 1.22. The van der Waals surface area contributed by atoms with Crippen LogP contribution in [-0.2, 0) is 0 Å². The molecule has 0 aromatic heterocycles. The van der Waals surface area contributed by atoms with Crippen molar-refractivity contribution in [1.82, 2.24) is 5.32 Å². The van der Waals surface area contributed by atoms with Crippen LogP contribution in [0.3, 0.4) is 0 Å². The second-order valence-electron chi connectivity index (χ2n) is 5.16. The van der Waals surface area contributed by atoms with E-state index in [0.29, 0.717) is 17.1 Å². The third-order valence-electron chi connectivity index (χ3n) is 3.10. The molecule has 0 heterocycles. The standard InChI is InChI=1S/C11H16BNO3.C4H11N/c1-3-8(2)13-11(14)9-4-6-10(7-5-9)12(15)16;1-3-4(2)5/h4-8,15-16H,3H2,1-2H3,(H,13,14);4H,3,5H2,1-2H3. The van der Waals surface area contributed by atoms with Gasteiger partial charge in [0, 0.05) is 17.6 Å². The van der Waals surface area contributed by atoms with E-state index in [1.54, 1.807) is 12.1 Å². The molecule has 5 N–H and O–H groups in total. The monoisotopic (exact) mass is 294 g/mol. The van der Waals surface area contributed by atoms with Gasteiger partial charge in [0.15, 0.2) is 0 Å². The summed E-state index contributed by atoms with van der Waals surface area (Å²) in [5, 5.41) is 20.6. The van der Waals surface area contributed by atoms with E-state index in [1.165, 1.54) is 12.1 Å². The average molecular weight is 294 g/mol. The first-order chi connectivity index (χ1) is 9.81. The zero-order valence-corrected chi connectivity index (χ0v) is 13.3. The topological polar surface area (TPSA) is 95.6 Å². The van der Waals surface area contributed by atoms with Crippen molar-refractivity contribution in [2.75, 3.05) is 0 Å². The Labute approximate surface area is 127 Å². The number of carbonyl (C=O) groups is 1. The predicted octanol–water partition coefficient (Wildman–Crippen LogP) is 0.638. The van der Waals surface area contributed by atoms with Crippen molar-refractivity contribution < 1.29 is 14.8 Å². The Balaban J connectivity index is 0.000000690. The zero-order valence-electron chi connectivity index (χ0n) is 13.3. The molecule has 0 bridgehead atoms. The summed E-state index contributed by atoms with van der Waals surface area (Å²) in [6.45, 7) is 8.00. The Bertz CT molecular complexity index is 408. The Morgan fingerprint density at radius 1 is 1.19 bits per heavy atom. The normalized spacial score (nSPS) is 12.7. The summed E-state index contributed by atoms with van der Waals surface area (Å²) in [6, 6.07) is 6.72. The van der Waals surface area contributed by atoms with Crippen LogP contribution in [0.5, 0.6) is 0 Å². The third-order valence-corrected chi connectivity index (χ3v) is 3.10. The summed E-state index contributed by atoms with van der Waals surface area (Å²) in [4.78, 5) is 11.7. The van der Waals surface area contributed by atoms with Crippen molar-refractivity contribution in [2.45, 2.75) is 52.6 Å². The lowest BCUT2D eigenvalue weighted by Gasteiger charge is -2.11. The summed E-state index contributed by atoms with van der Waals surface area (Å²) in [5.41, 5.74) is 6.18. The summed E-state index contributed by atoms with van der Waals surface area (Å²) in [7, 11) is -1.49. The smallest absolute Gasteiger partial charge is 0.423 e. The molecule has 1 rings (SSSR count). The molecule has 1 aromatic rings. The van der Waals surface area contributed by atoms with E-state index in [0.717, 1.165) is 12.8 Å². The molecule has 0 saturated carbocycles. The molecular formula is C15H27BN2O3. The van der Waals surface area contributed by atoms with Crippen molar-refractivity contribution in [1.29, 1.82) is 0 Å². The molecule has 0 spiro atoms. The minimum Gasteiger partial charge on any atom is -0.423 e. The van der Waals surface area contributed by atoms with Crippen molar-refractivity contribution in [2.24, 2.45) is 5.73 Å². The Hall–Kier alpha value is -1.37. The highest BCUT2D eigenvalue weighted by Crippen LogP contribution is 1.99. The molecule has 0 fully saturated rings. The summed E-state index contributed by atoms with van der Waals surface area (Å²) < 4.78 is 0. The van der Waals surface area contributed by atoms with Crippen LogP contribution in [0, 0.1) is 0 Å². The van der Waals surface area contributed by atoms with Gasteiger partial charge in [-0.15, -0.1) is 0 Å². The molecular weight excluding hydrogens is 267 g/mol. The average Bonchev–Trinajstić information content (AvgIpc) is 2.47. The number of nitrogens with one attached hydrogen (secondary N) is 1. The largest absolute Gasteiger partial charge is 0.488 e. The van der Waals surface area contributed by atoms with Gasteiger partial charge in [-0.3, -0.25) is 4.79 Å². The van der Waals surface area contributed by atoms with Gasteiger partial charge in [-0.2, -0.15) is 0 Å². The lowest BCUT2D eigenvalue weighted by atomic mass is 9.80. The van der Waals surface area contributed by atoms with Gasteiger partial charge in [0.1, 0.15) is 0 Å². The summed E-state index contributed by atoms with van der Waals surface area (Å²) >= 11 is 0. The molecule has 0 saturated heterocycles. The first-order valence-electron chi connectivity index (χ1n) is 7.34. The Morgan fingerprint density at radius 3 is 2.00 bits per heavy atom. The fraction of sp³-hybridized carbons (Fsp3) is 0.533. The van der Waals surface area contributed by atoms with Crippen LogP contribution in [0.25, 0.3) is 0 Å². The minimum absolute atomic E-state index is 0.135. The van der Waals surface area contributed by atoms with Crippen molar-refractivity contribution in [3.8, 4) is 0 Å². The lowest BCUT2D eigenvalue weighted by molar-refractivity contribution is 0.0939. The first-order valence-corrected chi connectivity index (χ1v) is 7.34. The molecule has 5 nitrogen and oxygen atoms in total. The second kappa shape index (κ2) is 10.4.